The van der Waals surface area contributed by atoms with Crippen molar-refractivity contribution >= 4 is 5.84 Å². The number of nitrogens with two attached hydrogens (primary N) is 1. The van der Waals surface area contributed by atoms with Crippen molar-refractivity contribution in [3.63, 3.8) is 0 Å². The van der Waals surface area contributed by atoms with E-state index in [-0.39, 0.29) is 6.54 Å². The van der Waals surface area contributed by atoms with Crippen LogP contribution in [0.3, 0.4) is 0 Å². The fourth-order valence-corrected chi connectivity index (χ4v) is 2.23. The van der Waals surface area contributed by atoms with Crippen molar-refractivity contribution in [2.24, 2.45) is 16.8 Å². The van der Waals surface area contributed by atoms with Crippen molar-refractivity contribution in [3.8, 4) is 0 Å². The van der Waals surface area contributed by atoms with Gasteiger partial charge >= 0.3 is 6.18 Å². The molecule has 9 heteroatoms. The first-order valence-corrected chi connectivity index (χ1v) is 6.87. The summed E-state index contributed by atoms with van der Waals surface area (Å²) in [6.07, 6.45) is -4.50. The maximum Gasteiger partial charge on any atom is 0.400 e. The molecule has 0 radical (unpaired) electrons. The number of nitrogens with zero attached hydrogens (tertiary/aromatic N) is 4. The molecule has 0 aliphatic carbocycles. The van der Waals surface area contributed by atoms with E-state index in [1.165, 1.54) is 0 Å². The van der Waals surface area contributed by atoms with Crippen LogP contribution in [0.15, 0.2) is 5.16 Å². The van der Waals surface area contributed by atoms with Gasteiger partial charge in [-0.3, -0.25) is 9.80 Å². The molecule has 0 saturated carbocycles. The highest BCUT2D eigenvalue weighted by Crippen LogP contribution is 2.27. The van der Waals surface area contributed by atoms with E-state index in [1.807, 2.05) is 14.1 Å². The Bertz CT molecular complexity index is 340. The van der Waals surface area contributed by atoms with E-state index in [2.05, 4.69) is 15.0 Å². The Morgan fingerprint density at radius 3 is 2.19 bits per heavy atom. The van der Waals surface area contributed by atoms with Crippen LogP contribution in [0.1, 0.15) is 0 Å². The van der Waals surface area contributed by atoms with Gasteiger partial charge in [-0.15, -0.1) is 0 Å². The number of piperazine rings is 1. The van der Waals surface area contributed by atoms with Crippen molar-refractivity contribution in [1.29, 1.82) is 0 Å². The van der Waals surface area contributed by atoms with Crippen LogP contribution in [0.5, 0.6) is 0 Å². The summed E-state index contributed by atoms with van der Waals surface area (Å²) >= 11 is 0. The Labute approximate surface area is 123 Å². The van der Waals surface area contributed by atoms with E-state index in [0.29, 0.717) is 13.1 Å². The molecule has 1 aliphatic heterocycles. The van der Waals surface area contributed by atoms with Crippen molar-refractivity contribution in [2.45, 2.75) is 6.18 Å². The number of likely N-dealkylation sites (N-methyl/N-ethyl adjacent to an activating group) is 1. The van der Waals surface area contributed by atoms with Crippen LogP contribution >= 0.6 is 0 Å². The van der Waals surface area contributed by atoms with Crippen LogP contribution in [0, 0.1) is 5.92 Å². The van der Waals surface area contributed by atoms with Gasteiger partial charge in [0.2, 0.25) is 0 Å². The summed E-state index contributed by atoms with van der Waals surface area (Å²) in [6.45, 7) is 4.14. The highest BCUT2D eigenvalue weighted by Gasteiger charge is 2.43. The molecule has 0 aromatic rings. The number of amidine groups is 1. The van der Waals surface area contributed by atoms with Crippen LogP contribution in [0.4, 0.5) is 13.2 Å². The SMILES string of the molecule is CN(C)CCN1CCN(CC(C(N)=NO)C(F)(F)F)CC1. The average Bonchev–Trinajstić information content (AvgIpc) is 2.41. The Morgan fingerprint density at radius 2 is 1.76 bits per heavy atom. The lowest BCUT2D eigenvalue weighted by molar-refractivity contribution is -0.161. The molecule has 6 nitrogen and oxygen atoms in total. The van der Waals surface area contributed by atoms with Gasteiger partial charge in [-0.2, -0.15) is 13.2 Å². The number of hydrogen-bond acceptors (Lipinski definition) is 5. The molecule has 1 fully saturated rings. The minimum atomic E-state index is -4.50. The second-order valence-corrected chi connectivity index (χ2v) is 5.56. The lowest BCUT2D eigenvalue weighted by Crippen LogP contribution is -2.52. The molecule has 0 aromatic heterocycles. The van der Waals surface area contributed by atoms with Gasteiger partial charge in [0.15, 0.2) is 5.84 Å². The fourth-order valence-electron chi connectivity index (χ4n) is 2.23. The molecule has 0 bridgehead atoms. The minimum absolute atomic E-state index is 0.263. The third-order valence-electron chi connectivity index (χ3n) is 3.64. The molecule has 21 heavy (non-hydrogen) atoms. The molecule has 0 amide bonds. The summed E-state index contributed by atoms with van der Waals surface area (Å²) in [7, 11) is 3.97. The zero-order chi connectivity index (χ0) is 16.0. The normalized spacial score (nSPS) is 21.0. The number of oxime groups is 1. The smallest absolute Gasteiger partial charge is 0.400 e. The van der Waals surface area contributed by atoms with Crippen LogP contribution in [0.2, 0.25) is 0 Å². The van der Waals surface area contributed by atoms with Gasteiger partial charge in [-0.1, -0.05) is 5.16 Å². The molecule has 1 aliphatic rings. The molecular formula is C12H24F3N5O. The largest absolute Gasteiger partial charge is 0.409 e. The summed E-state index contributed by atoms with van der Waals surface area (Å²) in [5.74, 6) is -2.70. The number of halogens is 3. The summed E-state index contributed by atoms with van der Waals surface area (Å²) in [5, 5.41) is 11.0. The molecule has 1 heterocycles. The lowest BCUT2D eigenvalue weighted by atomic mass is 10.1. The molecule has 124 valence electrons. The Balaban J connectivity index is 2.46. The molecule has 3 N–H and O–H groups in total. The van der Waals surface area contributed by atoms with Crippen LogP contribution in [-0.2, 0) is 0 Å². The predicted octanol–water partition coefficient (Wildman–Crippen LogP) is 0.0905. The van der Waals surface area contributed by atoms with Gasteiger partial charge in [0, 0.05) is 45.8 Å². The fraction of sp³-hybridized carbons (Fsp3) is 0.917. The maximum atomic E-state index is 12.9. The summed E-state index contributed by atoms with van der Waals surface area (Å²) in [4.78, 5) is 6.01. The van der Waals surface area contributed by atoms with Crippen molar-refractivity contribution in [2.75, 3.05) is 59.9 Å². The molecule has 1 unspecified atom stereocenters. The van der Waals surface area contributed by atoms with Crippen molar-refractivity contribution in [3.05, 3.63) is 0 Å². The summed E-state index contributed by atoms with van der Waals surface area (Å²) in [6, 6.07) is 0. The minimum Gasteiger partial charge on any atom is -0.409 e. The summed E-state index contributed by atoms with van der Waals surface area (Å²) < 4.78 is 38.7. The number of rotatable bonds is 6. The van der Waals surface area contributed by atoms with Gasteiger partial charge < -0.3 is 15.8 Å². The van der Waals surface area contributed by atoms with E-state index < -0.39 is 17.9 Å². The third kappa shape index (κ3) is 6.06. The first-order valence-electron chi connectivity index (χ1n) is 6.87. The Kier molecular flexibility index (Phi) is 6.69. The zero-order valence-electron chi connectivity index (χ0n) is 12.5. The monoisotopic (exact) mass is 311 g/mol. The van der Waals surface area contributed by atoms with Crippen LogP contribution < -0.4 is 5.73 Å². The van der Waals surface area contributed by atoms with Gasteiger partial charge in [-0.25, -0.2) is 0 Å². The van der Waals surface area contributed by atoms with Crippen LogP contribution in [-0.4, -0.2) is 91.8 Å². The van der Waals surface area contributed by atoms with E-state index in [9.17, 15) is 13.2 Å². The zero-order valence-corrected chi connectivity index (χ0v) is 12.5. The summed E-state index contributed by atoms with van der Waals surface area (Å²) in [5.41, 5.74) is 5.17. The Hall–Kier alpha value is -1.06. The van der Waals surface area contributed by atoms with Gasteiger partial charge in [0.25, 0.3) is 0 Å². The molecule has 0 aromatic carbocycles. The molecular weight excluding hydrogens is 287 g/mol. The Morgan fingerprint density at radius 1 is 1.24 bits per heavy atom. The van der Waals surface area contributed by atoms with E-state index in [1.54, 1.807) is 4.90 Å². The third-order valence-corrected chi connectivity index (χ3v) is 3.64. The number of hydrogen-bond donors (Lipinski definition) is 2. The average molecular weight is 311 g/mol. The van der Waals surface area contributed by atoms with Crippen LogP contribution in [0.25, 0.3) is 0 Å². The first-order chi connectivity index (χ1) is 9.74. The highest BCUT2D eigenvalue weighted by atomic mass is 19.4. The van der Waals surface area contributed by atoms with Crippen molar-refractivity contribution < 1.29 is 18.4 Å². The maximum absolute atomic E-state index is 12.9. The quantitative estimate of drug-likeness (QED) is 0.315. The predicted molar refractivity (Wildman–Crippen MR) is 74.4 cm³/mol. The first kappa shape index (κ1) is 18.0. The van der Waals surface area contributed by atoms with Gasteiger partial charge in [0.1, 0.15) is 5.92 Å². The highest BCUT2D eigenvalue weighted by molar-refractivity contribution is 5.83. The second kappa shape index (κ2) is 7.81. The van der Waals surface area contributed by atoms with Gasteiger partial charge in [-0.05, 0) is 14.1 Å². The lowest BCUT2D eigenvalue weighted by Gasteiger charge is -2.36. The standard InChI is InChI=1S/C12H24F3N5O/c1-18(2)3-4-19-5-7-20(8-6-19)9-10(11(16)17-21)12(13,14)15/h10,21H,3-9H2,1-2H3,(H2,16,17). The van der Waals surface area contributed by atoms with E-state index in [0.717, 1.165) is 26.2 Å². The number of alkyl halides is 3. The van der Waals surface area contributed by atoms with E-state index in [4.69, 9.17) is 10.9 Å². The van der Waals surface area contributed by atoms with Gasteiger partial charge in [0.05, 0.1) is 0 Å². The topological polar surface area (TPSA) is 68.3 Å². The molecule has 0 spiro atoms. The molecule has 1 atom stereocenters. The molecule has 1 saturated heterocycles. The van der Waals surface area contributed by atoms with Crippen molar-refractivity contribution in [1.82, 2.24) is 14.7 Å². The van der Waals surface area contributed by atoms with E-state index >= 15 is 0 Å². The molecule has 1 rings (SSSR count). The second-order valence-electron chi connectivity index (χ2n) is 5.56.